The Morgan fingerprint density at radius 1 is 1.28 bits per heavy atom. The third-order valence-electron chi connectivity index (χ3n) is 4.25. The fourth-order valence-corrected chi connectivity index (χ4v) is 4.00. The van der Waals surface area contributed by atoms with E-state index in [1.54, 1.807) is 6.92 Å². The second kappa shape index (κ2) is 7.95. The molecular formula is C18H23N3O3S. The van der Waals surface area contributed by atoms with Gasteiger partial charge in [0.25, 0.3) is 0 Å². The summed E-state index contributed by atoms with van der Waals surface area (Å²) in [4.78, 5) is 20.2. The molecule has 0 amide bonds. The average Bonchev–Trinajstić information content (AvgIpc) is 2.93. The van der Waals surface area contributed by atoms with Gasteiger partial charge in [-0.2, -0.15) is 0 Å². The summed E-state index contributed by atoms with van der Waals surface area (Å²) >= 11 is 1.37. The molecule has 134 valence electrons. The van der Waals surface area contributed by atoms with E-state index < -0.39 is 0 Å². The molecule has 2 aromatic rings. The highest BCUT2D eigenvalue weighted by molar-refractivity contribution is 7.11. The van der Waals surface area contributed by atoms with Crippen molar-refractivity contribution in [3.05, 3.63) is 39.6 Å². The first kappa shape index (κ1) is 17.8. The van der Waals surface area contributed by atoms with Gasteiger partial charge in [0.15, 0.2) is 10.6 Å². The minimum atomic E-state index is 0.0120. The summed E-state index contributed by atoms with van der Waals surface area (Å²) in [5.41, 5.74) is 2.85. The van der Waals surface area contributed by atoms with Crippen molar-refractivity contribution in [2.24, 2.45) is 4.99 Å². The molecule has 0 aliphatic carbocycles. The molecule has 25 heavy (non-hydrogen) atoms. The van der Waals surface area contributed by atoms with Gasteiger partial charge in [0.1, 0.15) is 0 Å². The van der Waals surface area contributed by atoms with Crippen molar-refractivity contribution in [2.75, 3.05) is 37.8 Å². The zero-order chi connectivity index (χ0) is 17.8. The molecule has 7 heteroatoms. The maximum absolute atomic E-state index is 11.8. The number of hydrogen-bond acceptors (Lipinski definition) is 6. The number of aliphatic hydroxyl groups is 1. The van der Waals surface area contributed by atoms with Crippen LogP contribution in [0.5, 0.6) is 0 Å². The molecule has 3 rings (SSSR count). The Balaban J connectivity index is 1.92. The second-order valence-corrected chi connectivity index (χ2v) is 6.94. The first-order valence-electron chi connectivity index (χ1n) is 8.39. The van der Waals surface area contributed by atoms with E-state index in [0.29, 0.717) is 11.4 Å². The summed E-state index contributed by atoms with van der Waals surface area (Å²) in [5, 5.41) is 9.30. The second-order valence-electron chi connectivity index (χ2n) is 5.96. The maximum Gasteiger partial charge on any atom is 0.190 e. The summed E-state index contributed by atoms with van der Waals surface area (Å²) in [6.07, 6.45) is 0. The Hall–Kier alpha value is -1.96. The molecule has 1 aromatic heterocycles. The van der Waals surface area contributed by atoms with Gasteiger partial charge in [0.2, 0.25) is 0 Å². The van der Waals surface area contributed by atoms with Gasteiger partial charge >= 0.3 is 0 Å². The highest BCUT2D eigenvalue weighted by Crippen LogP contribution is 2.21. The first-order valence-corrected chi connectivity index (χ1v) is 9.21. The number of nitrogens with zero attached hydrogens (tertiary/aromatic N) is 3. The summed E-state index contributed by atoms with van der Waals surface area (Å²) in [7, 11) is 0. The SMILES string of the molecule is CC(=O)c1s/c(=N\c2ccc(N3CCOCC3)cc2)n(CCO)c1C. The van der Waals surface area contributed by atoms with Crippen LogP contribution in [0, 0.1) is 6.92 Å². The summed E-state index contributed by atoms with van der Waals surface area (Å²) < 4.78 is 7.28. The lowest BCUT2D eigenvalue weighted by Crippen LogP contribution is -2.36. The molecule has 1 N–H and O–H groups in total. The predicted octanol–water partition coefficient (Wildman–Crippen LogP) is 2.12. The highest BCUT2D eigenvalue weighted by Gasteiger charge is 2.14. The number of carbonyl (C=O) groups excluding carboxylic acids is 1. The van der Waals surface area contributed by atoms with Crippen LogP contribution in [0.15, 0.2) is 29.3 Å². The number of benzene rings is 1. The van der Waals surface area contributed by atoms with Crippen LogP contribution in [0.2, 0.25) is 0 Å². The van der Waals surface area contributed by atoms with Gasteiger partial charge in [0.05, 0.1) is 30.4 Å². The number of morpholine rings is 1. The molecule has 0 saturated carbocycles. The largest absolute Gasteiger partial charge is 0.395 e. The summed E-state index contributed by atoms with van der Waals surface area (Å²) in [6.45, 7) is 7.22. The molecule has 1 aliphatic heterocycles. The number of ether oxygens (including phenoxy) is 1. The van der Waals surface area contributed by atoms with Gasteiger partial charge in [0, 0.05) is 37.9 Å². The van der Waals surface area contributed by atoms with Gasteiger partial charge in [-0.05, 0) is 31.2 Å². The number of Topliss-reactive ketones (excluding diaryl/α,β-unsaturated/α-hetero) is 1. The summed E-state index contributed by atoms with van der Waals surface area (Å²) in [6, 6.07) is 8.09. The molecular weight excluding hydrogens is 338 g/mol. The maximum atomic E-state index is 11.8. The Morgan fingerprint density at radius 3 is 2.56 bits per heavy atom. The molecule has 1 saturated heterocycles. The van der Waals surface area contributed by atoms with E-state index in [9.17, 15) is 9.90 Å². The number of thiazole rings is 1. The molecule has 0 radical (unpaired) electrons. The number of ketones is 1. The molecule has 0 atom stereocenters. The number of anilines is 1. The van der Waals surface area contributed by atoms with Crippen molar-refractivity contribution in [3.63, 3.8) is 0 Å². The third-order valence-corrected chi connectivity index (χ3v) is 5.53. The van der Waals surface area contributed by atoms with Crippen molar-refractivity contribution in [1.29, 1.82) is 0 Å². The van der Waals surface area contributed by atoms with Crippen LogP contribution < -0.4 is 9.70 Å². The van der Waals surface area contributed by atoms with E-state index in [1.807, 2.05) is 23.6 Å². The minimum absolute atomic E-state index is 0.0120. The molecule has 6 nitrogen and oxygen atoms in total. The van der Waals surface area contributed by atoms with Crippen LogP contribution in [0.3, 0.4) is 0 Å². The number of rotatable bonds is 5. The molecule has 1 fully saturated rings. The predicted molar refractivity (Wildman–Crippen MR) is 98.8 cm³/mol. The average molecular weight is 361 g/mol. The Morgan fingerprint density at radius 2 is 1.96 bits per heavy atom. The standard InChI is InChI=1S/C18H23N3O3S/c1-13-17(14(2)23)25-18(21(13)7-10-22)19-15-3-5-16(6-4-15)20-8-11-24-12-9-20/h3-6,22H,7-12H2,1-2H3/b19-18-. The molecule has 1 aromatic carbocycles. The van der Waals surface area contributed by atoms with Crippen molar-refractivity contribution in [2.45, 2.75) is 20.4 Å². The van der Waals surface area contributed by atoms with Gasteiger partial charge in [-0.15, -0.1) is 0 Å². The Bertz CT molecular complexity index is 802. The molecule has 2 heterocycles. The first-order chi connectivity index (χ1) is 12.1. The Labute approximate surface area is 151 Å². The van der Waals surface area contributed by atoms with Crippen molar-refractivity contribution in [1.82, 2.24) is 4.57 Å². The number of aliphatic hydroxyl groups excluding tert-OH is 1. The fourth-order valence-electron chi connectivity index (χ4n) is 2.93. The topological polar surface area (TPSA) is 67.1 Å². The van der Waals surface area contributed by atoms with Gasteiger partial charge in [-0.1, -0.05) is 11.3 Å². The van der Waals surface area contributed by atoms with E-state index >= 15 is 0 Å². The fraction of sp³-hybridized carbons (Fsp3) is 0.444. The van der Waals surface area contributed by atoms with Crippen LogP contribution in [-0.2, 0) is 11.3 Å². The molecule has 0 bridgehead atoms. The van der Waals surface area contributed by atoms with Crippen molar-refractivity contribution < 1.29 is 14.6 Å². The van der Waals surface area contributed by atoms with Crippen LogP contribution in [-0.4, -0.2) is 48.4 Å². The van der Waals surface area contributed by atoms with E-state index in [0.717, 1.165) is 48.2 Å². The van der Waals surface area contributed by atoms with Crippen LogP contribution in [0.4, 0.5) is 11.4 Å². The van der Waals surface area contributed by atoms with Crippen LogP contribution in [0.25, 0.3) is 0 Å². The lowest BCUT2D eigenvalue weighted by molar-refractivity contribution is 0.102. The quantitative estimate of drug-likeness (QED) is 0.829. The van der Waals surface area contributed by atoms with E-state index in [-0.39, 0.29) is 12.4 Å². The molecule has 0 unspecified atom stereocenters. The Kier molecular flexibility index (Phi) is 5.67. The number of aromatic nitrogens is 1. The van der Waals surface area contributed by atoms with Gasteiger partial charge < -0.3 is 19.3 Å². The van der Waals surface area contributed by atoms with Gasteiger partial charge in [-0.3, -0.25) is 4.79 Å². The van der Waals surface area contributed by atoms with Crippen LogP contribution >= 0.6 is 11.3 Å². The third kappa shape index (κ3) is 4.00. The molecule has 0 spiro atoms. The number of hydrogen-bond donors (Lipinski definition) is 1. The van der Waals surface area contributed by atoms with E-state index in [2.05, 4.69) is 22.0 Å². The van der Waals surface area contributed by atoms with Gasteiger partial charge in [-0.25, -0.2) is 4.99 Å². The monoisotopic (exact) mass is 361 g/mol. The minimum Gasteiger partial charge on any atom is -0.395 e. The number of carbonyl (C=O) groups is 1. The smallest absolute Gasteiger partial charge is 0.190 e. The zero-order valence-electron chi connectivity index (χ0n) is 14.6. The van der Waals surface area contributed by atoms with E-state index in [1.165, 1.54) is 11.3 Å². The lowest BCUT2D eigenvalue weighted by Gasteiger charge is -2.28. The molecule has 1 aliphatic rings. The normalized spacial score (nSPS) is 15.6. The van der Waals surface area contributed by atoms with Crippen LogP contribution in [0.1, 0.15) is 22.3 Å². The van der Waals surface area contributed by atoms with Crippen molar-refractivity contribution in [3.8, 4) is 0 Å². The highest BCUT2D eigenvalue weighted by atomic mass is 32.1. The zero-order valence-corrected chi connectivity index (χ0v) is 15.4. The van der Waals surface area contributed by atoms with Crippen molar-refractivity contribution >= 4 is 28.5 Å². The summed E-state index contributed by atoms with van der Waals surface area (Å²) in [5.74, 6) is 0.0262. The van der Waals surface area contributed by atoms with E-state index in [4.69, 9.17) is 4.74 Å². The lowest BCUT2D eigenvalue weighted by atomic mass is 10.2.